The predicted octanol–water partition coefficient (Wildman–Crippen LogP) is 3.70. The van der Waals surface area contributed by atoms with Crippen LogP contribution in [0, 0.1) is 0 Å². The Hall–Kier alpha value is -1.70. The van der Waals surface area contributed by atoms with Gasteiger partial charge in [-0.2, -0.15) is 0 Å². The van der Waals surface area contributed by atoms with E-state index < -0.39 is 9.84 Å². The standard InChI is InChI=1S/C21H26N2O3S2/c1-15-7-4-5-11-23(15)12-6-10-22-21(24)18-13-16-14-28(25,26)19-9-3-2-8-17(19)20(16)27-18/h2-3,8-9,13,15H,4-7,10-12,14H2,1H3,(H,22,24). The number of piperidine rings is 1. The van der Waals surface area contributed by atoms with Gasteiger partial charge in [-0.15, -0.1) is 11.3 Å². The van der Waals surface area contributed by atoms with Crippen molar-refractivity contribution in [1.82, 2.24) is 10.2 Å². The molecule has 2 aliphatic heterocycles. The van der Waals surface area contributed by atoms with Crippen LogP contribution >= 0.6 is 11.3 Å². The van der Waals surface area contributed by atoms with Gasteiger partial charge >= 0.3 is 0 Å². The summed E-state index contributed by atoms with van der Waals surface area (Å²) in [6.45, 7) is 5.08. The quantitative estimate of drug-likeness (QED) is 0.752. The molecule has 1 fully saturated rings. The zero-order chi connectivity index (χ0) is 19.7. The number of likely N-dealkylation sites (tertiary alicyclic amines) is 1. The highest BCUT2D eigenvalue weighted by Crippen LogP contribution is 2.42. The van der Waals surface area contributed by atoms with Crippen molar-refractivity contribution in [3.8, 4) is 10.4 Å². The molecule has 1 saturated heterocycles. The fourth-order valence-electron chi connectivity index (χ4n) is 4.14. The van der Waals surface area contributed by atoms with Crippen molar-refractivity contribution in [1.29, 1.82) is 0 Å². The topological polar surface area (TPSA) is 66.5 Å². The Kier molecular flexibility index (Phi) is 5.58. The van der Waals surface area contributed by atoms with Crippen LogP contribution in [-0.4, -0.2) is 44.9 Å². The summed E-state index contributed by atoms with van der Waals surface area (Å²) in [5.74, 6) is -0.142. The van der Waals surface area contributed by atoms with Crippen LogP contribution in [0.3, 0.4) is 0 Å². The minimum Gasteiger partial charge on any atom is -0.351 e. The number of hydrogen-bond acceptors (Lipinski definition) is 5. The lowest BCUT2D eigenvalue weighted by atomic mass is 10.0. The lowest BCUT2D eigenvalue weighted by Gasteiger charge is -2.33. The largest absolute Gasteiger partial charge is 0.351 e. The Morgan fingerprint density at radius 3 is 2.93 bits per heavy atom. The summed E-state index contributed by atoms with van der Waals surface area (Å²) >= 11 is 1.39. The molecule has 1 N–H and O–H groups in total. The first kappa shape index (κ1) is 19.6. The van der Waals surface area contributed by atoms with Crippen LogP contribution in [0.1, 0.15) is 47.8 Å². The molecule has 150 valence electrons. The first-order chi connectivity index (χ1) is 13.5. The number of rotatable bonds is 5. The maximum Gasteiger partial charge on any atom is 0.261 e. The van der Waals surface area contributed by atoms with Gasteiger partial charge in [-0.25, -0.2) is 8.42 Å². The number of fused-ring (bicyclic) bond motifs is 3. The van der Waals surface area contributed by atoms with Crippen LogP contribution in [0.25, 0.3) is 10.4 Å². The predicted molar refractivity (Wildman–Crippen MR) is 112 cm³/mol. The second-order valence-electron chi connectivity index (χ2n) is 7.71. The minimum absolute atomic E-state index is 0.0318. The summed E-state index contributed by atoms with van der Waals surface area (Å²) in [6.07, 6.45) is 4.77. The normalized spacial score (nSPS) is 21.0. The van der Waals surface area contributed by atoms with Crippen molar-refractivity contribution in [2.45, 2.75) is 49.3 Å². The van der Waals surface area contributed by atoms with Crippen molar-refractivity contribution in [3.63, 3.8) is 0 Å². The SMILES string of the molecule is CC1CCCCN1CCCNC(=O)c1cc2c(s1)-c1ccccc1S(=O)(=O)C2. The number of carbonyl (C=O) groups is 1. The molecular formula is C21H26N2O3S2. The van der Waals surface area contributed by atoms with Gasteiger partial charge in [-0.3, -0.25) is 4.79 Å². The van der Waals surface area contributed by atoms with Gasteiger partial charge in [-0.1, -0.05) is 24.6 Å². The van der Waals surface area contributed by atoms with Gasteiger partial charge in [0.2, 0.25) is 0 Å². The summed E-state index contributed by atoms with van der Waals surface area (Å²) in [5.41, 5.74) is 1.45. The first-order valence-corrected chi connectivity index (χ1v) is 12.4. The zero-order valence-corrected chi connectivity index (χ0v) is 17.7. The molecule has 2 aliphatic rings. The molecule has 1 amide bonds. The summed E-state index contributed by atoms with van der Waals surface area (Å²) in [7, 11) is -3.34. The van der Waals surface area contributed by atoms with Crippen molar-refractivity contribution in [2.75, 3.05) is 19.6 Å². The van der Waals surface area contributed by atoms with Gasteiger partial charge in [0.25, 0.3) is 5.91 Å². The molecule has 0 spiro atoms. The van der Waals surface area contributed by atoms with Crippen LogP contribution < -0.4 is 5.32 Å². The van der Waals surface area contributed by atoms with E-state index in [1.807, 2.05) is 12.1 Å². The number of nitrogens with zero attached hydrogens (tertiary/aromatic N) is 1. The fraction of sp³-hybridized carbons (Fsp3) is 0.476. The fourth-order valence-corrected chi connectivity index (χ4v) is 7.02. The van der Waals surface area contributed by atoms with Gasteiger partial charge in [0.05, 0.1) is 15.5 Å². The van der Waals surface area contributed by atoms with E-state index in [0.717, 1.165) is 30.0 Å². The van der Waals surface area contributed by atoms with Crippen LogP contribution in [-0.2, 0) is 15.6 Å². The highest BCUT2D eigenvalue weighted by molar-refractivity contribution is 7.91. The van der Waals surface area contributed by atoms with E-state index >= 15 is 0 Å². The molecule has 1 aromatic heterocycles. The maximum absolute atomic E-state index is 12.6. The van der Waals surface area contributed by atoms with Crippen molar-refractivity contribution in [3.05, 3.63) is 40.8 Å². The molecule has 0 saturated carbocycles. The third-order valence-corrected chi connectivity index (χ3v) is 8.62. The van der Waals surface area contributed by atoms with Crippen molar-refractivity contribution < 1.29 is 13.2 Å². The molecule has 4 rings (SSSR count). The van der Waals surface area contributed by atoms with Crippen LogP contribution in [0.5, 0.6) is 0 Å². The summed E-state index contributed by atoms with van der Waals surface area (Å²) in [5, 5.41) is 3.00. The Balaban J connectivity index is 1.40. The molecule has 5 nitrogen and oxygen atoms in total. The molecule has 7 heteroatoms. The van der Waals surface area contributed by atoms with E-state index in [4.69, 9.17) is 0 Å². The number of carbonyl (C=O) groups excluding carboxylic acids is 1. The van der Waals surface area contributed by atoms with Crippen molar-refractivity contribution >= 4 is 27.1 Å². The first-order valence-electron chi connectivity index (χ1n) is 9.93. The van der Waals surface area contributed by atoms with E-state index in [0.29, 0.717) is 27.9 Å². The average molecular weight is 419 g/mol. The average Bonchev–Trinajstić information content (AvgIpc) is 3.10. The Morgan fingerprint density at radius 2 is 2.11 bits per heavy atom. The van der Waals surface area contributed by atoms with Gasteiger partial charge in [0.15, 0.2) is 9.84 Å². The molecule has 0 radical (unpaired) electrons. The lowest BCUT2D eigenvalue weighted by Crippen LogP contribution is -2.39. The molecule has 2 aromatic rings. The number of sulfone groups is 1. The van der Waals surface area contributed by atoms with Gasteiger partial charge < -0.3 is 10.2 Å². The smallest absolute Gasteiger partial charge is 0.261 e. The molecule has 0 aliphatic carbocycles. The van der Waals surface area contributed by atoms with Crippen LogP contribution in [0.4, 0.5) is 0 Å². The monoisotopic (exact) mass is 418 g/mol. The van der Waals surface area contributed by atoms with E-state index in [1.165, 1.54) is 30.6 Å². The number of amides is 1. The van der Waals surface area contributed by atoms with Gasteiger partial charge in [-0.05, 0) is 50.4 Å². The van der Waals surface area contributed by atoms with E-state index in [1.54, 1.807) is 18.2 Å². The highest BCUT2D eigenvalue weighted by atomic mass is 32.2. The second kappa shape index (κ2) is 7.97. The molecule has 0 bridgehead atoms. The van der Waals surface area contributed by atoms with Gasteiger partial charge in [0.1, 0.15) is 0 Å². The summed E-state index contributed by atoms with van der Waals surface area (Å²) in [6, 6.07) is 9.43. The van der Waals surface area contributed by atoms with E-state index in [9.17, 15) is 13.2 Å². The Labute approximate surface area is 170 Å². The van der Waals surface area contributed by atoms with Crippen molar-refractivity contribution in [2.24, 2.45) is 0 Å². The Bertz CT molecular complexity index is 981. The molecule has 3 heterocycles. The Morgan fingerprint density at radius 1 is 1.29 bits per heavy atom. The highest BCUT2D eigenvalue weighted by Gasteiger charge is 2.30. The second-order valence-corrected chi connectivity index (χ2v) is 10.7. The number of hydrogen-bond donors (Lipinski definition) is 1. The van der Waals surface area contributed by atoms with E-state index in [-0.39, 0.29) is 11.7 Å². The third-order valence-electron chi connectivity index (χ3n) is 5.69. The molecule has 1 unspecified atom stereocenters. The van der Waals surface area contributed by atoms with Crippen LogP contribution in [0.15, 0.2) is 35.2 Å². The molecule has 28 heavy (non-hydrogen) atoms. The third kappa shape index (κ3) is 3.88. The number of nitrogens with one attached hydrogen (secondary N) is 1. The van der Waals surface area contributed by atoms with E-state index in [2.05, 4.69) is 17.1 Å². The van der Waals surface area contributed by atoms with Gasteiger partial charge in [0, 0.05) is 29.6 Å². The zero-order valence-electron chi connectivity index (χ0n) is 16.1. The maximum atomic E-state index is 12.6. The van der Waals surface area contributed by atoms with Crippen LogP contribution in [0.2, 0.25) is 0 Å². The molecular weight excluding hydrogens is 392 g/mol. The summed E-state index contributed by atoms with van der Waals surface area (Å²) in [4.78, 5) is 16.9. The number of thiophene rings is 1. The molecule has 1 aromatic carbocycles. The summed E-state index contributed by atoms with van der Waals surface area (Å²) < 4.78 is 25.0. The number of benzene rings is 1. The molecule has 1 atom stereocenters. The lowest BCUT2D eigenvalue weighted by molar-refractivity contribution is 0.0953. The minimum atomic E-state index is -3.34.